The highest BCUT2D eigenvalue weighted by molar-refractivity contribution is 5.74. The molecule has 0 bridgehead atoms. The van der Waals surface area contributed by atoms with E-state index in [1.165, 1.54) is 122 Å². The van der Waals surface area contributed by atoms with E-state index in [1.807, 2.05) is 12.2 Å². The van der Waals surface area contributed by atoms with Crippen LogP contribution in [0.25, 0.3) is 0 Å². The molecule has 1 aliphatic rings. The van der Waals surface area contributed by atoms with E-state index in [0.29, 0.717) is 19.3 Å². The predicted molar refractivity (Wildman–Crippen MR) is 331 cm³/mol. The summed E-state index contributed by atoms with van der Waals surface area (Å²) < 4.78 is 28.4. The molecule has 3 N–H and O–H groups in total. The Morgan fingerprint density at radius 1 is 0.420 bits per heavy atom. The van der Waals surface area contributed by atoms with Crippen molar-refractivity contribution in [2.75, 3.05) is 13.2 Å². The van der Waals surface area contributed by atoms with Crippen LogP contribution in [-0.4, -0.2) is 89.2 Å². The maximum absolute atomic E-state index is 13.2. The van der Waals surface area contributed by atoms with Crippen LogP contribution >= 0.6 is 0 Å². The molecule has 0 saturated carbocycles. The second-order valence-corrected chi connectivity index (χ2v) is 22.0. The zero-order chi connectivity index (χ0) is 58.9. The second-order valence-electron chi connectivity index (χ2n) is 22.0. The molecule has 0 aromatic heterocycles. The van der Waals surface area contributed by atoms with Crippen molar-refractivity contribution in [3.05, 3.63) is 85.1 Å². The van der Waals surface area contributed by atoms with Gasteiger partial charge in [0, 0.05) is 19.3 Å². The van der Waals surface area contributed by atoms with Gasteiger partial charge in [0.25, 0.3) is 0 Å². The predicted octanol–water partition coefficient (Wildman–Crippen LogP) is 17.5. The van der Waals surface area contributed by atoms with Gasteiger partial charge in [0.15, 0.2) is 24.6 Å². The monoisotopic (exact) mass is 1140 g/mol. The van der Waals surface area contributed by atoms with Crippen molar-refractivity contribution in [1.29, 1.82) is 0 Å². The van der Waals surface area contributed by atoms with Gasteiger partial charge in [-0.3, -0.25) is 14.4 Å². The minimum Gasteiger partial charge on any atom is -0.479 e. The third kappa shape index (κ3) is 46.0. The van der Waals surface area contributed by atoms with Crippen molar-refractivity contribution in [1.82, 2.24) is 0 Å². The molecule has 6 unspecified atom stereocenters. The van der Waals surface area contributed by atoms with Crippen LogP contribution in [0.3, 0.4) is 0 Å². The van der Waals surface area contributed by atoms with E-state index in [1.54, 1.807) is 0 Å². The molecule has 0 aromatic carbocycles. The molecule has 1 fully saturated rings. The van der Waals surface area contributed by atoms with Crippen LogP contribution in [0.4, 0.5) is 0 Å². The molecular formula is C69H116O12. The number of carboxylic acids is 1. The molecule has 6 atom stereocenters. The van der Waals surface area contributed by atoms with Gasteiger partial charge < -0.3 is 39.0 Å². The SMILES string of the molecule is CC/C=C\C/C=C\C/C=C\C/C=C\C/C=C\C/C=C\CCC(=O)OCC(COC1OC(C(=O)O)C(O)C(O)C1OC(=O)CCCCCCC/C=C\CCCCCC)OC(=O)CCCCCCCCCCCCCCCCCCCCC. The average molecular weight is 1140 g/mol. The summed E-state index contributed by atoms with van der Waals surface area (Å²) in [5.74, 6) is -3.23. The quantitative estimate of drug-likeness (QED) is 0.0228. The minimum atomic E-state index is -1.92. The largest absolute Gasteiger partial charge is 0.479 e. The smallest absolute Gasteiger partial charge is 0.335 e. The number of carboxylic acid groups (broad SMARTS) is 1. The van der Waals surface area contributed by atoms with E-state index in [9.17, 15) is 34.5 Å². The Labute approximate surface area is 492 Å². The number of esters is 3. The zero-order valence-corrected chi connectivity index (χ0v) is 51.3. The van der Waals surface area contributed by atoms with Crippen LogP contribution in [0.15, 0.2) is 85.1 Å². The number of carbonyl (C=O) groups is 4. The van der Waals surface area contributed by atoms with Gasteiger partial charge in [0.1, 0.15) is 18.8 Å². The molecule has 1 heterocycles. The number of aliphatic hydroxyl groups excluding tert-OH is 2. The Kier molecular flexibility index (Phi) is 52.1. The van der Waals surface area contributed by atoms with Gasteiger partial charge in [-0.15, -0.1) is 0 Å². The van der Waals surface area contributed by atoms with Crippen molar-refractivity contribution in [2.45, 2.75) is 314 Å². The highest BCUT2D eigenvalue weighted by atomic mass is 16.7. The van der Waals surface area contributed by atoms with Gasteiger partial charge in [0.2, 0.25) is 0 Å². The van der Waals surface area contributed by atoms with Gasteiger partial charge in [-0.25, -0.2) is 4.79 Å². The molecule has 1 rings (SSSR count). The first-order chi connectivity index (χ1) is 39.6. The van der Waals surface area contributed by atoms with Crippen LogP contribution < -0.4 is 0 Å². The second kappa shape index (κ2) is 56.4. The van der Waals surface area contributed by atoms with Gasteiger partial charge in [-0.2, -0.15) is 0 Å². The lowest BCUT2D eigenvalue weighted by Crippen LogP contribution is -2.61. The number of ether oxygens (including phenoxy) is 5. The third-order valence-electron chi connectivity index (χ3n) is 14.5. The van der Waals surface area contributed by atoms with E-state index in [4.69, 9.17) is 23.7 Å². The number of aliphatic hydroxyl groups is 2. The summed E-state index contributed by atoms with van der Waals surface area (Å²) in [6.45, 7) is 5.82. The minimum absolute atomic E-state index is 0.0420. The molecule has 0 spiro atoms. The lowest BCUT2D eigenvalue weighted by Gasteiger charge is -2.40. The standard InChI is InChI=1S/C69H116O12/c1-4-7-10-13-16-19-22-25-27-29-31-33-35-38-40-43-46-49-52-55-61(70)77-58-60(79-62(71)56-53-50-47-44-42-39-36-34-32-30-28-26-23-20-17-14-11-8-5-2)59-78-69-67(65(74)64(73)66(81-69)68(75)76)80-63(72)57-54-51-48-45-41-37-24-21-18-15-12-9-6-3/h7,10,16,19,21,24-25,27,31,33,38,40,46,49,60,64-67,69,73-74H,4-6,8-9,11-15,17-18,20,22-23,26,28-30,32,34-37,39,41-45,47-48,50-59H2,1-3H3,(H,75,76)/b10-7-,19-16-,24-21-,27-25-,33-31-,40-38-,49-46-. The third-order valence-corrected chi connectivity index (χ3v) is 14.5. The highest BCUT2D eigenvalue weighted by Gasteiger charge is 2.50. The highest BCUT2D eigenvalue weighted by Crippen LogP contribution is 2.27. The molecule has 0 aromatic rings. The first-order valence-corrected chi connectivity index (χ1v) is 32.6. The summed E-state index contributed by atoms with van der Waals surface area (Å²) in [6.07, 6.45) is 61.3. The van der Waals surface area contributed by atoms with E-state index in [2.05, 4.69) is 93.7 Å². The van der Waals surface area contributed by atoms with Crippen molar-refractivity contribution < 1.29 is 58.2 Å². The Balaban J connectivity index is 2.70. The maximum atomic E-state index is 13.2. The fraction of sp³-hybridized carbons (Fsp3) is 0.739. The summed E-state index contributed by atoms with van der Waals surface area (Å²) in [5.41, 5.74) is 0. The van der Waals surface area contributed by atoms with Gasteiger partial charge in [-0.05, 0) is 83.5 Å². The Hall–Kier alpha value is -4.10. The summed E-state index contributed by atoms with van der Waals surface area (Å²) in [5, 5.41) is 31.5. The first kappa shape index (κ1) is 74.9. The zero-order valence-electron chi connectivity index (χ0n) is 51.3. The molecule has 1 saturated heterocycles. The van der Waals surface area contributed by atoms with Crippen LogP contribution in [-0.2, 0) is 42.9 Å². The summed E-state index contributed by atoms with van der Waals surface area (Å²) in [6, 6.07) is 0. The van der Waals surface area contributed by atoms with Crippen molar-refractivity contribution >= 4 is 23.9 Å². The van der Waals surface area contributed by atoms with Crippen LogP contribution in [0, 0.1) is 0 Å². The number of rotatable bonds is 55. The first-order valence-electron chi connectivity index (χ1n) is 32.6. The topological polar surface area (TPSA) is 175 Å². The molecule has 81 heavy (non-hydrogen) atoms. The normalized spacial score (nSPS) is 18.3. The fourth-order valence-electron chi connectivity index (χ4n) is 9.51. The van der Waals surface area contributed by atoms with Crippen molar-refractivity contribution in [2.24, 2.45) is 0 Å². The van der Waals surface area contributed by atoms with Crippen LogP contribution in [0.2, 0.25) is 0 Å². The Bertz CT molecular complexity index is 1730. The summed E-state index contributed by atoms with van der Waals surface area (Å²) >= 11 is 0. The molecule has 0 radical (unpaired) electrons. The van der Waals surface area contributed by atoms with E-state index in [-0.39, 0.29) is 25.9 Å². The molecule has 0 aliphatic carbocycles. The number of hydrogen-bond donors (Lipinski definition) is 3. The number of aliphatic carboxylic acids is 1. The Morgan fingerprint density at radius 2 is 0.802 bits per heavy atom. The van der Waals surface area contributed by atoms with Crippen LogP contribution in [0.1, 0.15) is 278 Å². The molecular weight excluding hydrogens is 1020 g/mol. The van der Waals surface area contributed by atoms with E-state index in [0.717, 1.165) is 96.3 Å². The van der Waals surface area contributed by atoms with Crippen molar-refractivity contribution in [3.63, 3.8) is 0 Å². The number of carbonyl (C=O) groups excluding carboxylic acids is 3. The Morgan fingerprint density at radius 3 is 1.25 bits per heavy atom. The molecule has 12 nitrogen and oxygen atoms in total. The summed E-state index contributed by atoms with van der Waals surface area (Å²) in [4.78, 5) is 51.3. The van der Waals surface area contributed by atoms with Gasteiger partial charge in [-0.1, -0.05) is 260 Å². The maximum Gasteiger partial charge on any atom is 0.335 e. The van der Waals surface area contributed by atoms with Gasteiger partial charge >= 0.3 is 23.9 Å². The van der Waals surface area contributed by atoms with E-state index >= 15 is 0 Å². The summed E-state index contributed by atoms with van der Waals surface area (Å²) in [7, 11) is 0. The molecule has 0 amide bonds. The molecule has 1 aliphatic heterocycles. The number of hydrogen-bond acceptors (Lipinski definition) is 11. The average Bonchev–Trinajstić information content (AvgIpc) is 3.46. The number of allylic oxidation sites excluding steroid dienone is 14. The molecule has 464 valence electrons. The number of unbranched alkanes of at least 4 members (excludes halogenated alkanes) is 27. The van der Waals surface area contributed by atoms with Crippen molar-refractivity contribution in [3.8, 4) is 0 Å². The van der Waals surface area contributed by atoms with Crippen LogP contribution in [0.5, 0.6) is 0 Å². The molecule has 12 heteroatoms. The lowest BCUT2D eigenvalue weighted by molar-refractivity contribution is -0.301. The van der Waals surface area contributed by atoms with E-state index < -0.39 is 67.3 Å². The van der Waals surface area contributed by atoms with Gasteiger partial charge in [0.05, 0.1) is 6.61 Å². The lowest BCUT2D eigenvalue weighted by atomic mass is 9.98. The fourth-order valence-corrected chi connectivity index (χ4v) is 9.51.